The monoisotopic (exact) mass is 541 g/mol. The standard InChI is InChI=1S/C33H35NO6/c35-31(19-7-2-1-4-12-23-13-5-3-6-14-23)40-24-20-30(32(36)37)34(21-24)33(38)39-22-29-27-17-10-8-15-25(27)26-16-9-11-18-28(26)29/h3,5-6,8-11,13-18,24,29-30H,1-2,4,7,12,19-22H2,(H,36,37). The summed E-state index contributed by atoms with van der Waals surface area (Å²) >= 11 is 0. The van der Waals surface area contributed by atoms with E-state index in [0.717, 1.165) is 54.4 Å². The number of carboxylic acid groups (broad SMARTS) is 1. The van der Waals surface area contributed by atoms with Gasteiger partial charge in [-0.15, -0.1) is 0 Å². The molecule has 7 nitrogen and oxygen atoms in total. The average Bonchev–Trinajstić information content (AvgIpc) is 3.54. The topological polar surface area (TPSA) is 93.1 Å². The first-order chi connectivity index (χ1) is 19.5. The maximum absolute atomic E-state index is 13.0. The van der Waals surface area contributed by atoms with Gasteiger partial charge >= 0.3 is 18.0 Å². The van der Waals surface area contributed by atoms with Crippen LogP contribution in [0.15, 0.2) is 78.9 Å². The number of esters is 1. The van der Waals surface area contributed by atoms with E-state index in [1.54, 1.807) is 0 Å². The van der Waals surface area contributed by atoms with E-state index in [2.05, 4.69) is 24.3 Å². The number of ether oxygens (including phenoxy) is 2. The fourth-order valence-electron chi connectivity index (χ4n) is 5.84. The number of unbranched alkanes of at least 4 members (excludes halogenated alkanes) is 3. The second-order valence-corrected chi connectivity index (χ2v) is 10.6. The van der Waals surface area contributed by atoms with Crippen LogP contribution < -0.4 is 0 Å². The third kappa shape index (κ3) is 6.36. The molecular weight excluding hydrogens is 506 g/mol. The normalized spacial score (nSPS) is 17.8. The minimum absolute atomic E-state index is 0.0104. The van der Waals surface area contributed by atoms with Crippen molar-refractivity contribution in [2.75, 3.05) is 13.2 Å². The Hall–Kier alpha value is -4.13. The number of aliphatic carboxylic acids is 1. The Morgan fingerprint density at radius 2 is 1.43 bits per heavy atom. The minimum atomic E-state index is -1.13. The van der Waals surface area contributed by atoms with Crippen LogP contribution in [-0.4, -0.2) is 53.3 Å². The first kappa shape index (κ1) is 27.4. The van der Waals surface area contributed by atoms with E-state index >= 15 is 0 Å². The summed E-state index contributed by atoms with van der Waals surface area (Å²) in [7, 11) is 0. The highest BCUT2D eigenvalue weighted by molar-refractivity contribution is 5.82. The van der Waals surface area contributed by atoms with E-state index in [1.807, 2.05) is 54.6 Å². The average molecular weight is 542 g/mol. The number of rotatable bonds is 11. The van der Waals surface area contributed by atoms with Gasteiger partial charge in [-0.05, 0) is 47.1 Å². The molecule has 5 rings (SSSR count). The van der Waals surface area contributed by atoms with E-state index in [1.165, 1.54) is 10.5 Å². The molecule has 0 radical (unpaired) electrons. The molecule has 1 heterocycles. The summed E-state index contributed by atoms with van der Waals surface area (Å²) in [5.74, 6) is -1.61. The van der Waals surface area contributed by atoms with Gasteiger partial charge in [-0.1, -0.05) is 91.7 Å². The van der Waals surface area contributed by atoms with Crippen LogP contribution in [0.3, 0.4) is 0 Å². The molecule has 7 heteroatoms. The molecule has 2 atom stereocenters. The second-order valence-electron chi connectivity index (χ2n) is 10.6. The van der Waals surface area contributed by atoms with Crippen LogP contribution in [0.2, 0.25) is 0 Å². The number of aryl methyl sites for hydroxylation is 1. The Morgan fingerprint density at radius 3 is 2.10 bits per heavy atom. The molecule has 0 bridgehead atoms. The van der Waals surface area contributed by atoms with Crippen LogP contribution in [0.4, 0.5) is 4.79 Å². The van der Waals surface area contributed by atoms with Crippen LogP contribution in [0.1, 0.15) is 61.1 Å². The highest BCUT2D eigenvalue weighted by Crippen LogP contribution is 2.44. The largest absolute Gasteiger partial charge is 0.480 e. The first-order valence-corrected chi connectivity index (χ1v) is 14.1. The summed E-state index contributed by atoms with van der Waals surface area (Å²) in [6.45, 7) is 0.112. The van der Waals surface area contributed by atoms with Crippen molar-refractivity contribution in [3.05, 3.63) is 95.6 Å². The third-order valence-corrected chi connectivity index (χ3v) is 7.86. The molecular formula is C33H35NO6. The Labute approximate surface area is 234 Å². The van der Waals surface area contributed by atoms with Crippen LogP contribution in [0, 0.1) is 0 Å². The lowest BCUT2D eigenvalue weighted by molar-refractivity contribution is -0.149. The van der Waals surface area contributed by atoms with E-state index in [0.29, 0.717) is 0 Å². The van der Waals surface area contributed by atoms with Gasteiger partial charge < -0.3 is 14.6 Å². The number of benzene rings is 3. The Kier molecular flexibility index (Phi) is 8.79. The molecule has 1 N–H and O–H groups in total. The quantitative estimate of drug-likeness (QED) is 0.230. The van der Waals surface area contributed by atoms with E-state index in [9.17, 15) is 19.5 Å². The van der Waals surface area contributed by atoms with Crippen LogP contribution >= 0.6 is 0 Å². The summed E-state index contributed by atoms with van der Waals surface area (Å²) in [6, 6.07) is 25.3. The SMILES string of the molecule is O=C(CCCCCCc1ccccc1)OC1CC(C(=O)O)N(C(=O)OCC2c3ccccc3-c3ccccc32)C1. The van der Waals surface area contributed by atoms with Gasteiger partial charge in [0.2, 0.25) is 0 Å². The van der Waals surface area contributed by atoms with Gasteiger partial charge in [-0.2, -0.15) is 0 Å². The van der Waals surface area contributed by atoms with Crippen molar-refractivity contribution in [1.82, 2.24) is 4.90 Å². The van der Waals surface area contributed by atoms with Gasteiger partial charge in [0.25, 0.3) is 0 Å². The fourth-order valence-corrected chi connectivity index (χ4v) is 5.84. The van der Waals surface area contributed by atoms with Crippen molar-refractivity contribution in [3.8, 4) is 11.1 Å². The fraction of sp³-hybridized carbons (Fsp3) is 0.364. The number of carbonyl (C=O) groups is 3. The molecule has 2 aliphatic rings. The first-order valence-electron chi connectivity index (χ1n) is 14.1. The zero-order valence-corrected chi connectivity index (χ0v) is 22.5. The lowest BCUT2D eigenvalue weighted by Crippen LogP contribution is -2.41. The molecule has 40 heavy (non-hydrogen) atoms. The minimum Gasteiger partial charge on any atom is -0.480 e. The van der Waals surface area contributed by atoms with Crippen molar-refractivity contribution in [3.63, 3.8) is 0 Å². The predicted octanol–water partition coefficient (Wildman–Crippen LogP) is 6.20. The van der Waals surface area contributed by atoms with E-state index < -0.39 is 24.2 Å². The molecule has 1 aliphatic carbocycles. The molecule has 0 saturated carbocycles. The summed E-state index contributed by atoms with van der Waals surface area (Å²) in [5.41, 5.74) is 5.72. The zero-order chi connectivity index (χ0) is 27.9. The number of carboxylic acids is 1. The molecule has 3 aromatic carbocycles. The van der Waals surface area contributed by atoms with Crippen molar-refractivity contribution < 1.29 is 29.0 Å². The number of amides is 1. The maximum Gasteiger partial charge on any atom is 0.410 e. The lowest BCUT2D eigenvalue weighted by Gasteiger charge is -2.22. The summed E-state index contributed by atoms with van der Waals surface area (Å²) in [5, 5.41) is 9.74. The molecule has 1 amide bonds. The number of likely N-dealkylation sites (tertiary alicyclic amines) is 1. The Bertz CT molecular complexity index is 1290. The number of hydrogen-bond acceptors (Lipinski definition) is 5. The van der Waals surface area contributed by atoms with Gasteiger partial charge in [-0.25, -0.2) is 9.59 Å². The number of nitrogens with zero attached hydrogens (tertiary/aromatic N) is 1. The Morgan fingerprint density at radius 1 is 0.800 bits per heavy atom. The van der Waals surface area contributed by atoms with Crippen molar-refractivity contribution in [2.45, 2.75) is 63.0 Å². The maximum atomic E-state index is 13.0. The highest BCUT2D eigenvalue weighted by Gasteiger charge is 2.42. The van der Waals surface area contributed by atoms with Crippen LogP contribution in [0.25, 0.3) is 11.1 Å². The zero-order valence-electron chi connectivity index (χ0n) is 22.5. The molecule has 1 fully saturated rings. The molecule has 2 unspecified atom stereocenters. The van der Waals surface area contributed by atoms with Gasteiger partial charge in [0.05, 0.1) is 6.54 Å². The van der Waals surface area contributed by atoms with E-state index in [-0.39, 0.29) is 37.9 Å². The number of carbonyl (C=O) groups excluding carboxylic acids is 2. The van der Waals surface area contributed by atoms with Crippen molar-refractivity contribution >= 4 is 18.0 Å². The molecule has 0 aromatic heterocycles. The van der Waals surface area contributed by atoms with Gasteiger partial charge in [0.15, 0.2) is 0 Å². The molecule has 208 valence electrons. The predicted molar refractivity (Wildman–Crippen MR) is 151 cm³/mol. The van der Waals surface area contributed by atoms with Gasteiger partial charge in [-0.3, -0.25) is 9.69 Å². The third-order valence-electron chi connectivity index (χ3n) is 7.86. The number of hydrogen-bond donors (Lipinski definition) is 1. The summed E-state index contributed by atoms with van der Waals surface area (Å²) in [4.78, 5) is 38.6. The van der Waals surface area contributed by atoms with Gasteiger partial charge in [0, 0.05) is 18.8 Å². The number of fused-ring (bicyclic) bond motifs is 3. The molecule has 1 aliphatic heterocycles. The molecule has 0 spiro atoms. The van der Waals surface area contributed by atoms with Gasteiger partial charge in [0.1, 0.15) is 18.8 Å². The Balaban J connectivity index is 1.09. The van der Waals surface area contributed by atoms with Crippen LogP contribution in [0.5, 0.6) is 0 Å². The highest BCUT2D eigenvalue weighted by atomic mass is 16.6. The lowest BCUT2D eigenvalue weighted by atomic mass is 9.98. The molecule has 3 aromatic rings. The van der Waals surface area contributed by atoms with Crippen LogP contribution in [-0.2, 0) is 25.5 Å². The van der Waals surface area contributed by atoms with E-state index in [4.69, 9.17) is 9.47 Å². The van der Waals surface area contributed by atoms with Crippen molar-refractivity contribution in [2.24, 2.45) is 0 Å². The summed E-state index contributed by atoms with van der Waals surface area (Å²) in [6.07, 6.45) is 3.75. The summed E-state index contributed by atoms with van der Waals surface area (Å²) < 4.78 is 11.2. The molecule has 1 saturated heterocycles. The van der Waals surface area contributed by atoms with Crippen molar-refractivity contribution in [1.29, 1.82) is 0 Å². The second kappa shape index (κ2) is 12.8. The smallest absolute Gasteiger partial charge is 0.410 e.